The summed E-state index contributed by atoms with van der Waals surface area (Å²) in [6.45, 7) is 3.92. The zero-order valence-corrected chi connectivity index (χ0v) is 14.2. The molecular formula is C15H16N4O4S. The predicted molar refractivity (Wildman–Crippen MR) is 93.0 cm³/mol. The number of hydrogen-bond acceptors (Lipinski definition) is 8. The summed E-state index contributed by atoms with van der Waals surface area (Å²) in [5.41, 5.74) is 0.584. The first kappa shape index (κ1) is 17.5. The summed E-state index contributed by atoms with van der Waals surface area (Å²) in [5.74, 6) is 1.22. The average Bonchev–Trinajstić information content (AvgIpc) is 2.55. The van der Waals surface area contributed by atoms with Gasteiger partial charge in [-0.05, 0) is 38.2 Å². The van der Waals surface area contributed by atoms with Crippen LogP contribution in [0.15, 0.2) is 24.4 Å². The molecule has 0 aliphatic heterocycles. The van der Waals surface area contributed by atoms with Crippen molar-refractivity contribution in [1.29, 1.82) is 0 Å². The van der Waals surface area contributed by atoms with E-state index in [4.69, 9.17) is 21.7 Å². The number of methoxy groups -OCH3 is 1. The van der Waals surface area contributed by atoms with Crippen LogP contribution in [0.25, 0.3) is 0 Å². The third kappa shape index (κ3) is 3.93. The molecule has 1 aromatic heterocycles. The number of aryl methyl sites for hydroxylation is 1. The fourth-order valence-electron chi connectivity index (χ4n) is 1.95. The molecule has 0 amide bonds. The lowest BCUT2D eigenvalue weighted by Crippen LogP contribution is -2.10. The van der Waals surface area contributed by atoms with Gasteiger partial charge in [0.1, 0.15) is 23.1 Å². The van der Waals surface area contributed by atoms with Crippen LogP contribution < -0.4 is 10.1 Å². The van der Waals surface area contributed by atoms with E-state index in [0.29, 0.717) is 29.6 Å². The molecule has 2 rings (SSSR count). The number of nitrogens with zero attached hydrogens (tertiary/aromatic N) is 3. The second-order valence-corrected chi connectivity index (χ2v) is 5.04. The van der Waals surface area contributed by atoms with E-state index < -0.39 is 4.92 Å². The van der Waals surface area contributed by atoms with E-state index in [-0.39, 0.29) is 16.4 Å². The minimum Gasteiger partial charge on any atom is -0.496 e. The van der Waals surface area contributed by atoms with Gasteiger partial charge in [-0.3, -0.25) is 10.1 Å². The Balaban J connectivity index is 2.46. The smallest absolute Gasteiger partial charge is 0.296 e. The largest absolute Gasteiger partial charge is 0.496 e. The van der Waals surface area contributed by atoms with E-state index >= 15 is 0 Å². The highest BCUT2D eigenvalue weighted by Crippen LogP contribution is 2.31. The van der Waals surface area contributed by atoms with E-state index in [1.54, 1.807) is 19.1 Å². The first-order chi connectivity index (χ1) is 11.5. The molecule has 9 heteroatoms. The van der Waals surface area contributed by atoms with Crippen molar-refractivity contribution >= 4 is 34.5 Å². The Hall–Kier alpha value is -2.81. The lowest BCUT2D eigenvalue weighted by Gasteiger charge is -2.13. The van der Waals surface area contributed by atoms with Crippen LogP contribution in [0.3, 0.4) is 0 Å². The van der Waals surface area contributed by atoms with Crippen LogP contribution >= 0.6 is 12.2 Å². The predicted octanol–water partition coefficient (Wildman–Crippen LogP) is 3.16. The Kier molecular flexibility index (Phi) is 5.59. The standard InChI is InChI=1S/C15H16N4O4S/c1-4-23-15(24)11-8-16-9(2)17-14(11)18-12-6-5-10(22-3)7-13(12)19(20)21/h5-8H,4H2,1-3H3,(H,16,17,18). The number of nitrogens with one attached hydrogen (secondary N) is 1. The second-order valence-electron chi connectivity index (χ2n) is 4.67. The molecule has 0 aliphatic rings. The Bertz CT molecular complexity index is 782. The fraction of sp³-hybridized carbons (Fsp3) is 0.267. The Morgan fingerprint density at radius 2 is 2.21 bits per heavy atom. The molecule has 1 aromatic carbocycles. The topological polar surface area (TPSA) is 99.4 Å². The van der Waals surface area contributed by atoms with Gasteiger partial charge in [0.15, 0.2) is 5.05 Å². The number of hydrogen-bond donors (Lipinski definition) is 1. The van der Waals surface area contributed by atoms with Crippen LogP contribution in [-0.4, -0.2) is 33.7 Å². The van der Waals surface area contributed by atoms with E-state index in [0.717, 1.165) is 0 Å². The van der Waals surface area contributed by atoms with Crippen molar-refractivity contribution in [2.24, 2.45) is 0 Å². The van der Waals surface area contributed by atoms with E-state index in [2.05, 4.69) is 15.3 Å². The van der Waals surface area contributed by atoms with Gasteiger partial charge in [0.05, 0.1) is 30.3 Å². The number of nitro benzene ring substituents is 1. The monoisotopic (exact) mass is 348 g/mol. The second kappa shape index (κ2) is 7.64. The average molecular weight is 348 g/mol. The highest BCUT2D eigenvalue weighted by Gasteiger charge is 2.19. The van der Waals surface area contributed by atoms with Gasteiger partial charge in [0.25, 0.3) is 5.69 Å². The Morgan fingerprint density at radius 3 is 2.83 bits per heavy atom. The number of anilines is 2. The maximum absolute atomic E-state index is 11.3. The summed E-state index contributed by atoms with van der Waals surface area (Å²) in [5, 5.41) is 14.5. The number of rotatable bonds is 6. The maximum Gasteiger partial charge on any atom is 0.296 e. The third-order valence-corrected chi connectivity index (χ3v) is 3.40. The van der Waals surface area contributed by atoms with Crippen molar-refractivity contribution in [3.63, 3.8) is 0 Å². The van der Waals surface area contributed by atoms with Gasteiger partial charge in [-0.25, -0.2) is 9.97 Å². The normalized spacial score (nSPS) is 10.1. The van der Waals surface area contributed by atoms with Crippen LogP contribution in [0.4, 0.5) is 17.2 Å². The fourth-order valence-corrected chi connectivity index (χ4v) is 2.21. The molecular weight excluding hydrogens is 332 g/mol. The molecule has 8 nitrogen and oxygen atoms in total. The summed E-state index contributed by atoms with van der Waals surface area (Å²) in [6.07, 6.45) is 1.53. The Morgan fingerprint density at radius 1 is 1.46 bits per heavy atom. The van der Waals surface area contributed by atoms with Gasteiger partial charge < -0.3 is 14.8 Å². The van der Waals surface area contributed by atoms with Crippen molar-refractivity contribution < 1.29 is 14.4 Å². The molecule has 0 bridgehead atoms. The van der Waals surface area contributed by atoms with E-state index in [1.807, 2.05) is 6.92 Å². The molecule has 0 saturated heterocycles. The zero-order valence-electron chi connectivity index (χ0n) is 13.4. The summed E-state index contributed by atoms with van der Waals surface area (Å²) < 4.78 is 10.3. The molecule has 2 aromatic rings. The van der Waals surface area contributed by atoms with Gasteiger partial charge in [-0.2, -0.15) is 0 Å². The quantitative estimate of drug-likeness (QED) is 0.483. The molecule has 0 unspecified atom stereocenters. The van der Waals surface area contributed by atoms with E-state index in [9.17, 15) is 10.1 Å². The summed E-state index contributed by atoms with van der Waals surface area (Å²) >= 11 is 5.19. The van der Waals surface area contributed by atoms with Crippen molar-refractivity contribution in [2.75, 3.05) is 19.0 Å². The molecule has 0 fully saturated rings. The van der Waals surface area contributed by atoms with Crippen LogP contribution in [0.2, 0.25) is 0 Å². The number of benzene rings is 1. The summed E-state index contributed by atoms with van der Waals surface area (Å²) in [4.78, 5) is 19.2. The first-order valence-corrected chi connectivity index (χ1v) is 7.47. The first-order valence-electron chi connectivity index (χ1n) is 7.06. The number of thiocarbonyl (C=S) groups is 1. The van der Waals surface area contributed by atoms with Crippen LogP contribution in [-0.2, 0) is 4.74 Å². The molecule has 0 saturated carbocycles. The van der Waals surface area contributed by atoms with Crippen molar-refractivity contribution in [3.05, 3.63) is 45.9 Å². The summed E-state index contributed by atoms with van der Waals surface area (Å²) in [7, 11) is 1.44. The lowest BCUT2D eigenvalue weighted by atomic mass is 10.2. The Labute approximate surface area is 144 Å². The molecule has 0 spiro atoms. The molecule has 1 N–H and O–H groups in total. The highest BCUT2D eigenvalue weighted by molar-refractivity contribution is 7.80. The van der Waals surface area contributed by atoms with Gasteiger partial charge in [0, 0.05) is 6.20 Å². The van der Waals surface area contributed by atoms with Crippen molar-refractivity contribution in [3.8, 4) is 5.75 Å². The number of nitro groups is 1. The highest BCUT2D eigenvalue weighted by atomic mass is 32.1. The minimum atomic E-state index is -0.501. The zero-order chi connectivity index (χ0) is 17.7. The van der Waals surface area contributed by atoms with Crippen molar-refractivity contribution in [2.45, 2.75) is 13.8 Å². The SMILES string of the molecule is CCOC(=S)c1cnc(C)nc1Nc1ccc(OC)cc1[N+](=O)[O-]. The minimum absolute atomic E-state index is 0.140. The lowest BCUT2D eigenvalue weighted by molar-refractivity contribution is -0.384. The molecule has 0 radical (unpaired) electrons. The van der Waals surface area contributed by atoms with Crippen LogP contribution in [0, 0.1) is 17.0 Å². The molecule has 1 heterocycles. The maximum atomic E-state index is 11.3. The van der Waals surface area contributed by atoms with Gasteiger partial charge in [0.2, 0.25) is 0 Å². The molecule has 126 valence electrons. The third-order valence-electron chi connectivity index (χ3n) is 3.06. The van der Waals surface area contributed by atoms with E-state index in [1.165, 1.54) is 19.4 Å². The van der Waals surface area contributed by atoms with Gasteiger partial charge in [-0.1, -0.05) is 0 Å². The van der Waals surface area contributed by atoms with Crippen LogP contribution in [0.1, 0.15) is 18.3 Å². The van der Waals surface area contributed by atoms with Crippen molar-refractivity contribution in [1.82, 2.24) is 9.97 Å². The number of ether oxygens (including phenoxy) is 2. The van der Waals surface area contributed by atoms with Crippen LogP contribution in [0.5, 0.6) is 5.75 Å². The van der Waals surface area contributed by atoms with Gasteiger partial charge in [-0.15, -0.1) is 0 Å². The molecule has 0 aliphatic carbocycles. The van der Waals surface area contributed by atoms with Gasteiger partial charge >= 0.3 is 0 Å². The number of aromatic nitrogens is 2. The molecule has 24 heavy (non-hydrogen) atoms. The molecule has 0 atom stereocenters. The summed E-state index contributed by atoms with van der Waals surface area (Å²) in [6, 6.07) is 4.49.